The van der Waals surface area contributed by atoms with Crippen LogP contribution >= 0.6 is 0 Å². The summed E-state index contributed by atoms with van der Waals surface area (Å²) >= 11 is 0. The van der Waals surface area contributed by atoms with Gasteiger partial charge in [-0.1, -0.05) is 26.7 Å². The van der Waals surface area contributed by atoms with Crippen molar-refractivity contribution >= 4 is 5.78 Å². The van der Waals surface area contributed by atoms with Crippen molar-refractivity contribution in [1.82, 2.24) is 0 Å². The number of ether oxygens (including phenoxy) is 1. The summed E-state index contributed by atoms with van der Waals surface area (Å²) in [4.78, 5) is 26.7. The molecule has 3 rings (SSSR count). The quantitative estimate of drug-likeness (QED) is 0.359. The molecule has 0 unspecified atom stereocenters. The fourth-order valence-corrected chi connectivity index (χ4v) is 5.09. The Morgan fingerprint density at radius 3 is 2.73 bits per heavy atom. The van der Waals surface area contributed by atoms with Crippen molar-refractivity contribution in [3.63, 3.8) is 0 Å². The van der Waals surface area contributed by atoms with Crippen LogP contribution in [0.15, 0.2) is 12.1 Å². The summed E-state index contributed by atoms with van der Waals surface area (Å²) in [7, 11) is 0. The maximum Gasteiger partial charge on any atom is 0.294 e. The van der Waals surface area contributed by atoms with E-state index in [2.05, 4.69) is 32.5 Å². The average Bonchev–Trinajstić information content (AvgIpc) is 2.63. The van der Waals surface area contributed by atoms with E-state index in [0.717, 1.165) is 36.8 Å². The molecule has 7 heteroatoms. The van der Waals surface area contributed by atoms with Gasteiger partial charge < -0.3 is 14.7 Å². The Hall–Kier alpha value is -2.31. The highest BCUT2D eigenvalue weighted by Gasteiger charge is 2.47. The van der Waals surface area contributed by atoms with Crippen molar-refractivity contribution in [1.29, 1.82) is 0 Å². The molecule has 1 aromatic rings. The first-order valence-electron chi connectivity index (χ1n) is 10.9. The van der Waals surface area contributed by atoms with Gasteiger partial charge >= 0.3 is 0 Å². The second kappa shape index (κ2) is 8.44. The average molecular weight is 420 g/mol. The van der Waals surface area contributed by atoms with Gasteiger partial charge in [0.2, 0.25) is 0 Å². The third kappa shape index (κ3) is 4.71. The molecule has 2 atom stereocenters. The number of carbonyl (C=O) groups excluding carboxylic acids is 1. The van der Waals surface area contributed by atoms with Gasteiger partial charge in [0.15, 0.2) is 0 Å². The van der Waals surface area contributed by atoms with Crippen molar-refractivity contribution in [2.45, 2.75) is 89.6 Å². The van der Waals surface area contributed by atoms with Crippen molar-refractivity contribution < 1.29 is 24.6 Å². The maximum absolute atomic E-state index is 12.1. The summed E-state index contributed by atoms with van der Waals surface area (Å²) in [6.07, 6.45) is 5.09. The molecule has 7 nitrogen and oxygen atoms in total. The third-order valence-electron chi connectivity index (χ3n) is 6.85. The molecular formula is C23H33NO6. The Labute approximate surface area is 177 Å². The number of phenols is 1. The summed E-state index contributed by atoms with van der Waals surface area (Å²) in [5.74, 6) is 1.39. The zero-order valence-electron chi connectivity index (χ0n) is 18.4. The fourth-order valence-electron chi connectivity index (χ4n) is 5.09. The molecule has 0 bridgehead atoms. The minimum atomic E-state index is -0.758. The van der Waals surface area contributed by atoms with E-state index in [1.165, 1.54) is 0 Å². The molecular weight excluding hydrogens is 386 g/mol. The number of hydrogen-bond acceptors (Lipinski definition) is 6. The van der Waals surface area contributed by atoms with E-state index in [1.54, 1.807) is 0 Å². The highest BCUT2D eigenvalue weighted by molar-refractivity contribution is 5.81. The number of benzene rings is 1. The van der Waals surface area contributed by atoms with Crippen molar-refractivity contribution in [2.24, 2.45) is 5.92 Å². The summed E-state index contributed by atoms with van der Waals surface area (Å²) in [5, 5.41) is 20.4. The number of fused-ring (bicyclic) bond motifs is 3. The molecule has 1 aliphatic carbocycles. The van der Waals surface area contributed by atoms with E-state index >= 15 is 0 Å². The molecule has 1 fully saturated rings. The van der Waals surface area contributed by atoms with Crippen molar-refractivity contribution in [3.8, 4) is 11.5 Å². The Morgan fingerprint density at radius 2 is 2.03 bits per heavy atom. The normalized spacial score (nSPS) is 22.6. The van der Waals surface area contributed by atoms with Gasteiger partial charge in [-0.05, 0) is 56.2 Å². The predicted molar refractivity (Wildman–Crippen MR) is 112 cm³/mol. The van der Waals surface area contributed by atoms with Crippen LogP contribution in [-0.2, 0) is 15.0 Å². The van der Waals surface area contributed by atoms with E-state index < -0.39 is 5.09 Å². The minimum Gasteiger partial charge on any atom is -0.508 e. The number of nitrogens with zero attached hydrogens (tertiary/aromatic N) is 1. The number of Topliss-reactive ketones (excluding diaryl/α,β-unsaturated/α-hetero) is 1. The van der Waals surface area contributed by atoms with Crippen LogP contribution in [0.5, 0.6) is 11.5 Å². The van der Waals surface area contributed by atoms with Crippen LogP contribution in [0.4, 0.5) is 0 Å². The number of aromatic hydroxyl groups is 1. The first-order chi connectivity index (χ1) is 14.0. The van der Waals surface area contributed by atoms with Gasteiger partial charge in [0.1, 0.15) is 22.9 Å². The molecule has 0 spiro atoms. The summed E-state index contributed by atoms with van der Waals surface area (Å²) in [6, 6.07) is 3.86. The first kappa shape index (κ1) is 22.4. The molecule has 166 valence electrons. The lowest BCUT2D eigenvalue weighted by Gasteiger charge is -2.47. The lowest BCUT2D eigenvalue weighted by Crippen LogP contribution is -2.47. The Balaban J connectivity index is 1.76. The number of hydrogen-bond donors (Lipinski definition) is 1. The summed E-state index contributed by atoms with van der Waals surface area (Å²) in [6.45, 7) is 8.53. The molecule has 0 saturated heterocycles. The lowest BCUT2D eigenvalue weighted by atomic mass is 9.66. The Bertz CT molecular complexity index is 816. The topological polar surface area (TPSA) is 98.9 Å². The molecule has 30 heavy (non-hydrogen) atoms. The fraction of sp³-hybridized carbons (Fsp3) is 0.696. The molecule has 1 saturated carbocycles. The smallest absolute Gasteiger partial charge is 0.294 e. The Kier molecular flexibility index (Phi) is 6.29. The molecule has 1 N–H and O–H groups in total. The first-order valence-corrected chi connectivity index (χ1v) is 10.9. The summed E-state index contributed by atoms with van der Waals surface area (Å²) in [5.41, 5.74) is 1.20. The van der Waals surface area contributed by atoms with Gasteiger partial charge in [0.25, 0.3) is 5.09 Å². The van der Waals surface area contributed by atoms with Gasteiger partial charge in [-0.15, -0.1) is 10.1 Å². The van der Waals surface area contributed by atoms with Crippen LogP contribution < -0.4 is 4.74 Å². The summed E-state index contributed by atoms with van der Waals surface area (Å²) < 4.78 is 6.37. The zero-order chi connectivity index (χ0) is 22.1. The number of carbonyl (C=O) groups is 1. The highest BCUT2D eigenvalue weighted by atomic mass is 16.9. The predicted octanol–water partition coefficient (Wildman–Crippen LogP) is 5.06. The van der Waals surface area contributed by atoms with Gasteiger partial charge in [-0.2, -0.15) is 0 Å². The van der Waals surface area contributed by atoms with Gasteiger partial charge in [0, 0.05) is 30.2 Å². The number of unbranched alkanes of at least 4 members (excludes halogenated alkanes) is 2. The molecule has 2 aliphatic rings. The number of ketones is 1. The van der Waals surface area contributed by atoms with E-state index in [-0.39, 0.29) is 41.0 Å². The zero-order valence-corrected chi connectivity index (χ0v) is 18.4. The molecule has 1 aromatic carbocycles. The molecule has 0 amide bonds. The minimum absolute atomic E-state index is 0.00348. The van der Waals surface area contributed by atoms with E-state index in [9.17, 15) is 20.0 Å². The monoisotopic (exact) mass is 419 g/mol. The van der Waals surface area contributed by atoms with E-state index in [4.69, 9.17) is 4.74 Å². The van der Waals surface area contributed by atoms with E-state index in [0.29, 0.717) is 25.0 Å². The molecule has 1 heterocycles. The van der Waals surface area contributed by atoms with Gasteiger partial charge in [-0.25, -0.2) is 0 Å². The van der Waals surface area contributed by atoms with Gasteiger partial charge in [0.05, 0.1) is 6.61 Å². The highest BCUT2D eigenvalue weighted by Crippen LogP contribution is 2.54. The van der Waals surface area contributed by atoms with Crippen molar-refractivity contribution in [3.05, 3.63) is 33.4 Å². The Morgan fingerprint density at radius 1 is 1.30 bits per heavy atom. The van der Waals surface area contributed by atoms with Gasteiger partial charge in [-0.3, -0.25) is 4.79 Å². The van der Waals surface area contributed by atoms with E-state index in [1.807, 2.05) is 12.1 Å². The SMILES string of the molecule is CC(C)(CCCCCO[N+](=O)[O-])c1cc(O)c2c(c1)OC(C)(C)[C@@H]1CCC(=O)C[C@@H]21. The second-order valence-electron chi connectivity index (χ2n) is 9.86. The number of phenolic OH excluding ortho intramolecular Hbond substituents is 1. The lowest BCUT2D eigenvalue weighted by molar-refractivity contribution is -0.757. The van der Waals surface area contributed by atoms with Crippen LogP contribution in [-0.4, -0.2) is 28.2 Å². The van der Waals surface area contributed by atoms with Crippen molar-refractivity contribution in [2.75, 3.05) is 6.61 Å². The molecule has 0 radical (unpaired) electrons. The van der Waals surface area contributed by atoms with Crippen LogP contribution in [0.1, 0.15) is 89.7 Å². The van der Waals surface area contributed by atoms with Crippen LogP contribution in [0.2, 0.25) is 0 Å². The molecule has 1 aliphatic heterocycles. The van der Waals surface area contributed by atoms with Crippen LogP contribution in [0.3, 0.4) is 0 Å². The maximum atomic E-state index is 12.1. The standard InChI is InChI=1S/C23H33NO6/c1-22(2,10-6-5-7-11-29-24(27)28)15-12-19(26)21-17-14-16(25)8-9-18(17)23(3,4)30-20(21)13-15/h12-13,17-18,26H,5-11,14H2,1-4H3/t17-,18-/m1/s1. The largest absolute Gasteiger partial charge is 0.508 e. The third-order valence-corrected chi connectivity index (χ3v) is 6.85. The number of rotatable bonds is 8. The van der Waals surface area contributed by atoms with Crippen LogP contribution in [0, 0.1) is 16.0 Å². The second-order valence-corrected chi connectivity index (χ2v) is 9.86. The van der Waals surface area contributed by atoms with Crippen LogP contribution in [0.25, 0.3) is 0 Å². The molecule has 0 aromatic heterocycles.